The number of hydrogen-bond acceptors (Lipinski definition) is 2. The van der Waals surface area contributed by atoms with Gasteiger partial charge in [-0.25, -0.2) is 0 Å². The van der Waals surface area contributed by atoms with Crippen molar-refractivity contribution in [1.82, 2.24) is 0 Å². The van der Waals surface area contributed by atoms with E-state index in [0.29, 0.717) is 12.8 Å². The summed E-state index contributed by atoms with van der Waals surface area (Å²) in [7, 11) is 0. The highest BCUT2D eigenvalue weighted by Gasteiger charge is 2.26. The first-order valence-electron chi connectivity index (χ1n) is 5.37. The van der Waals surface area contributed by atoms with Crippen LogP contribution in [0.2, 0.25) is 0 Å². The van der Waals surface area contributed by atoms with Crippen LogP contribution in [0.15, 0.2) is 22.7 Å². The van der Waals surface area contributed by atoms with Crippen LogP contribution >= 0.6 is 15.9 Å². The molecule has 4 nitrogen and oxygen atoms in total. The summed E-state index contributed by atoms with van der Waals surface area (Å²) in [5.74, 6) is -1.18. The van der Waals surface area contributed by atoms with E-state index < -0.39 is 5.97 Å². The molecular weight excluding hydrogens is 286 g/mol. The van der Waals surface area contributed by atoms with Gasteiger partial charge in [0, 0.05) is 22.5 Å². The second kappa shape index (κ2) is 4.87. The van der Waals surface area contributed by atoms with Gasteiger partial charge in [0.05, 0.1) is 0 Å². The lowest BCUT2D eigenvalue weighted by atomic mass is 9.90. The largest absolute Gasteiger partial charge is 0.481 e. The zero-order chi connectivity index (χ0) is 12.4. The van der Waals surface area contributed by atoms with E-state index in [1.165, 1.54) is 0 Å². The topological polar surface area (TPSA) is 66.4 Å². The minimum Gasteiger partial charge on any atom is -0.481 e. The van der Waals surface area contributed by atoms with Gasteiger partial charge in [0.25, 0.3) is 0 Å². The predicted octanol–water partition coefficient (Wildman–Crippen LogP) is 2.42. The molecule has 0 radical (unpaired) electrons. The number of benzene rings is 1. The quantitative estimate of drug-likeness (QED) is 0.900. The predicted molar refractivity (Wildman–Crippen MR) is 66.8 cm³/mol. The Morgan fingerprint density at radius 3 is 3.00 bits per heavy atom. The van der Waals surface area contributed by atoms with Gasteiger partial charge in [-0.05, 0) is 30.5 Å². The number of halogens is 1. The molecule has 1 unspecified atom stereocenters. The average Bonchev–Trinajstić information content (AvgIpc) is 2.26. The van der Waals surface area contributed by atoms with Crippen LogP contribution in [0.4, 0.5) is 5.69 Å². The zero-order valence-electron chi connectivity index (χ0n) is 9.07. The first-order valence-corrected chi connectivity index (χ1v) is 6.16. The molecule has 17 heavy (non-hydrogen) atoms. The van der Waals surface area contributed by atoms with Gasteiger partial charge in [0.15, 0.2) is 0 Å². The van der Waals surface area contributed by atoms with Gasteiger partial charge in [-0.2, -0.15) is 0 Å². The minimum atomic E-state index is -0.862. The van der Waals surface area contributed by atoms with Gasteiger partial charge in [-0.1, -0.05) is 22.0 Å². The van der Waals surface area contributed by atoms with Gasteiger partial charge >= 0.3 is 5.97 Å². The van der Waals surface area contributed by atoms with Gasteiger partial charge in [0.2, 0.25) is 5.91 Å². The molecule has 1 heterocycles. The third-order valence-corrected chi connectivity index (χ3v) is 3.37. The number of carboxylic acid groups (broad SMARTS) is 1. The normalized spacial score (nSPS) is 18.4. The van der Waals surface area contributed by atoms with Crippen LogP contribution in [0, 0.1) is 5.92 Å². The first kappa shape index (κ1) is 12.1. The minimum absolute atomic E-state index is 0.0317. The molecule has 1 aliphatic rings. The smallest absolute Gasteiger partial charge is 0.303 e. The molecule has 1 aromatic rings. The Bertz CT molecular complexity index is 473. The Kier molecular flexibility index (Phi) is 3.47. The summed E-state index contributed by atoms with van der Waals surface area (Å²) in [5, 5.41) is 11.4. The fraction of sp³-hybridized carbons (Fsp3) is 0.333. The molecule has 0 bridgehead atoms. The summed E-state index contributed by atoms with van der Waals surface area (Å²) in [6.07, 6.45) is 1.03. The molecule has 2 N–H and O–H groups in total. The van der Waals surface area contributed by atoms with Crippen molar-refractivity contribution in [3.63, 3.8) is 0 Å². The van der Waals surface area contributed by atoms with Crippen LogP contribution < -0.4 is 5.32 Å². The third kappa shape index (κ3) is 2.85. The SMILES string of the molecule is O=C(O)CCC1Cc2ccc(Br)cc2NC1=O. The van der Waals surface area contributed by atoms with E-state index in [0.717, 1.165) is 15.7 Å². The number of hydrogen-bond donors (Lipinski definition) is 2. The molecular formula is C12H12BrNO3. The lowest BCUT2D eigenvalue weighted by Crippen LogP contribution is -2.30. The van der Waals surface area contributed by atoms with E-state index in [4.69, 9.17) is 5.11 Å². The maximum absolute atomic E-state index is 11.8. The van der Waals surface area contributed by atoms with Crippen molar-refractivity contribution in [1.29, 1.82) is 0 Å². The number of fused-ring (bicyclic) bond motifs is 1. The number of amides is 1. The van der Waals surface area contributed by atoms with Crippen LogP contribution in [0.5, 0.6) is 0 Å². The van der Waals surface area contributed by atoms with E-state index in [2.05, 4.69) is 21.2 Å². The molecule has 0 aliphatic carbocycles. The number of anilines is 1. The van der Waals surface area contributed by atoms with Crippen LogP contribution in [0.3, 0.4) is 0 Å². The van der Waals surface area contributed by atoms with Crippen molar-refractivity contribution in [2.75, 3.05) is 5.32 Å². The van der Waals surface area contributed by atoms with Crippen molar-refractivity contribution in [3.05, 3.63) is 28.2 Å². The number of carbonyl (C=O) groups excluding carboxylic acids is 1. The Morgan fingerprint density at radius 2 is 2.29 bits per heavy atom. The van der Waals surface area contributed by atoms with Crippen LogP contribution in [-0.2, 0) is 16.0 Å². The summed E-state index contributed by atoms with van der Waals surface area (Å²) < 4.78 is 0.917. The molecule has 90 valence electrons. The lowest BCUT2D eigenvalue weighted by Gasteiger charge is -2.24. The molecule has 1 aliphatic heterocycles. The highest BCUT2D eigenvalue weighted by molar-refractivity contribution is 9.10. The van der Waals surface area contributed by atoms with Crippen molar-refractivity contribution < 1.29 is 14.7 Å². The van der Waals surface area contributed by atoms with E-state index in [1.807, 2.05) is 18.2 Å². The highest BCUT2D eigenvalue weighted by atomic mass is 79.9. The number of carboxylic acids is 1. The maximum atomic E-state index is 11.8. The van der Waals surface area contributed by atoms with Crippen molar-refractivity contribution in [3.8, 4) is 0 Å². The second-order valence-corrected chi connectivity index (χ2v) is 5.04. The average molecular weight is 298 g/mol. The fourth-order valence-corrected chi connectivity index (χ4v) is 2.33. The maximum Gasteiger partial charge on any atom is 0.303 e. The Hall–Kier alpha value is -1.36. The molecule has 0 spiro atoms. The molecule has 0 saturated carbocycles. The molecule has 0 saturated heterocycles. The summed E-state index contributed by atoms with van der Waals surface area (Å²) in [5.41, 5.74) is 1.87. The van der Waals surface area contributed by atoms with Crippen molar-refractivity contribution >= 4 is 33.5 Å². The second-order valence-electron chi connectivity index (χ2n) is 4.12. The molecule has 2 rings (SSSR count). The van der Waals surface area contributed by atoms with Gasteiger partial charge in [0.1, 0.15) is 0 Å². The standard InChI is InChI=1S/C12H12BrNO3/c13-9-3-1-7-5-8(2-4-11(15)16)12(17)14-10(7)6-9/h1,3,6,8H,2,4-5H2,(H,14,17)(H,15,16). The Morgan fingerprint density at radius 1 is 1.53 bits per heavy atom. The Labute approximate surface area is 107 Å². The monoisotopic (exact) mass is 297 g/mol. The van der Waals surface area contributed by atoms with Crippen LogP contribution in [-0.4, -0.2) is 17.0 Å². The Balaban J connectivity index is 2.13. The molecule has 1 aromatic carbocycles. The highest BCUT2D eigenvalue weighted by Crippen LogP contribution is 2.30. The zero-order valence-corrected chi connectivity index (χ0v) is 10.7. The van der Waals surface area contributed by atoms with E-state index in [-0.39, 0.29) is 18.2 Å². The number of aliphatic carboxylic acids is 1. The van der Waals surface area contributed by atoms with Crippen molar-refractivity contribution in [2.24, 2.45) is 5.92 Å². The molecule has 0 aromatic heterocycles. The van der Waals surface area contributed by atoms with Gasteiger partial charge < -0.3 is 10.4 Å². The van der Waals surface area contributed by atoms with Gasteiger partial charge in [-0.3, -0.25) is 9.59 Å². The summed E-state index contributed by atoms with van der Waals surface area (Å²) in [4.78, 5) is 22.3. The third-order valence-electron chi connectivity index (χ3n) is 2.87. The van der Waals surface area contributed by atoms with Crippen LogP contribution in [0.25, 0.3) is 0 Å². The molecule has 1 atom stereocenters. The molecule has 1 amide bonds. The number of rotatable bonds is 3. The summed E-state index contributed by atoms with van der Waals surface area (Å²) in [6, 6.07) is 5.73. The molecule has 5 heteroatoms. The number of nitrogens with one attached hydrogen (secondary N) is 1. The van der Waals surface area contributed by atoms with E-state index in [9.17, 15) is 9.59 Å². The van der Waals surface area contributed by atoms with Crippen LogP contribution in [0.1, 0.15) is 18.4 Å². The van der Waals surface area contributed by atoms with E-state index >= 15 is 0 Å². The fourth-order valence-electron chi connectivity index (χ4n) is 1.97. The molecule has 0 fully saturated rings. The van der Waals surface area contributed by atoms with Crippen molar-refractivity contribution in [2.45, 2.75) is 19.3 Å². The summed E-state index contributed by atoms with van der Waals surface area (Å²) in [6.45, 7) is 0. The van der Waals surface area contributed by atoms with Gasteiger partial charge in [-0.15, -0.1) is 0 Å². The summed E-state index contributed by atoms with van der Waals surface area (Å²) >= 11 is 3.35. The number of carbonyl (C=O) groups is 2. The lowest BCUT2D eigenvalue weighted by molar-refractivity contribution is -0.137. The van der Waals surface area contributed by atoms with E-state index in [1.54, 1.807) is 0 Å². The first-order chi connectivity index (χ1) is 8.06.